The summed E-state index contributed by atoms with van der Waals surface area (Å²) in [5.41, 5.74) is 8.99. The number of hydrogen-bond donors (Lipinski definition) is 4. The number of carbonyl (C=O) groups is 2. The van der Waals surface area contributed by atoms with E-state index in [9.17, 15) is 14.7 Å². The van der Waals surface area contributed by atoms with E-state index in [0.29, 0.717) is 24.5 Å². The van der Waals surface area contributed by atoms with E-state index in [1.807, 2.05) is 25.1 Å². The number of nitrogens with two attached hydrogens (primary N) is 1. The van der Waals surface area contributed by atoms with E-state index in [2.05, 4.69) is 20.6 Å². The maximum atomic E-state index is 12.7. The Hall–Kier alpha value is -3.56. The lowest BCUT2D eigenvalue weighted by Gasteiger charge is -2.22. The number of likely N-dealkylation sites (tertiary alicyclic amines) is 1. The van der Waals surface area contributed by atoms with Crippen molar-refractivity contribution in [3.05, 3.63) is 30.5 Å². The third-order valence-electron chi connectivity index (χ3n) is 5.34. The van der Waals surface area contributed by atoms with Crippen LogP contribution in [0.4, 0.5) is 16.2 Å². The lowest BCUT2D eigenvalue weighted by molar-refractivity contribution is -0.125. The van der Waals surface area contributed by atoms with Crippen molar-refractivity contribution in [1.82, 2.24) is 20.2 Å². The molecule has 0 aliphatic carbocycles. The maximum absolute atomic E-state index is 12.7. The number of nitrogens with zero attached hydrogens (tertiary/aromatic N) is 3. The quantitative estimate of drug-likeness (QED) is 0.476. The average molecular weight is 412 g/mol. The van der Waals surface area contributed by atoms with Gasteiger partial charge in [0.25, 0.3) is 0 Å². The van der Waals surface area contributed by atoms with Crippen LogP contribution >= 0.6 is 0 Å². The average Bonchev–Trinajstić information content (AvgIpc) is 3.14. The number of ether oxygens (including phenoxy) is 1. The molecule has 158 valence electrons. The minimum atomic E-state index is -1.16. The molecule has 4 rings (SSSR count). The van der Waals surface area contributed by atoms with Crippen LogP contribution in [0, 0.1) is 5.92 Å². The van der Waals surface area contributed by atoms with Gasteiger partial charge in [-0.25, -0.2) is 9.78 Å². The van der Waals surface area contributed by atoms with Crippen molar-refractivity contribution in [2.45, 2.75) is 25.5 Å². The van der Waals surface area contributed by atoms with Gasteiger partial charge in [0.05, 0.1) is 23.6 Å². The molecule has 2 aliphatic heterocycles. The predicted octanol–water partition coefficient (Wildman–Crippen LogP) is 1.40. The first kappa shape index (κ1) is 19.7. The molecular formula is C20H24N6O4. The number of carboxylic acid groups (broad SMARTS) is 1. The van der Waals surface area contributed by atoms with E-state index in [4.69, 9.17) is 10.5 Å². The molecule has 10 heteroatoms. The molecule has 0 saturated carbocycles. The van der Waals surface area contributed by atoms with Gasteiger partial charge < -0.3 is 26.2 Å². The Bertz CT molecular complexity index is 968. The van der Waals surface area contributed by atoms with E-state index >= 15 is 0 Å². The zero-order valence-electron chi connectivity index (χ0n) is 16.5. The molecule has 1 aromatic heterocycles. The van der Waals surface area contributed by atoms with Gasteiger partial charge in [-0.15, -0.1) is 0 Å². The maximum Gasteiger partial charge on any atom is 0.408 e. The Kier molecular flexibility index (Phi) is 5.30. The standard InChI is InChI=1S/C20H24N6O4/c1-11-8-23-17-13(3-2-4-14(17)21)15-5-6-22-19(25-15)30-12-7-16(18(27)24-9-11)26(10-12)20(28)29/h2-6,11-12,16,23H,7-10,21H2,1H3,(H,24,27)(H,28,29)/t11?,12-,16-/m0/s1. The minimum absolute atomic E-state index is 0.0711. The van der Waals surface area contributed by atoms with Gasteiger partial charge in [-0.1, -0.05) is 19.1 Å². The van der Waals surface area contributed by atoms with E-state index in [1.165, 1.54) is 0 Å². The molecule has 1 saturated heterocycles. The van der Waals surface area contributed by atoms with Crippen molar-refractivity contribution in [2.24, 2.45) is 5.92 Å². The van der Waals surface area contributed by atoms with E-state index in [0.717, 1.165) is 16.2 Å². The van der Waals surface area contributed by atoms with Crippen LogP contribution in [0.3, 0.4) is 0 Å². The van der Waals surface area contributed by atoms with Crippen LogP contribution in [-0.2, 0) is 4.79 Å². The van der Waals surface area contributed by atoms with Crippen molar-refractivity contribution in [3.63, 3.8) is 0 Å². The molecule has 30 heavy (non-hydrogen) atoms. The van der Waals surface area contributed by atoms with Crippen molar-refractivity contribution in [2.75, 3.05) is 30.7 Å². The Balaban J connectivity index is 1.72. The Morgan fingerprint density at radius 3 is 2.90 bits per heavy atom. The Morgan fingerprint density at radius 1 is 1.30 bits per heavy atom. The number of fused-ring (bicyclic) bond motifs is 6. The first-order chi connectivity index (χ1) is 14.4. The number of anilines is 2. The number of carbonyl (C=O) groups excluding carboxylic acids is 1. The minimum Gasteiger partial charge on any atom is -0.465 e. The smallest absolute Gasteiger partial charge is 0.408 e. The van der Waals surface area contributed by atoms with Gasteiger partial charge in [0.1, 0.15) is 12.1 Å². The van der Waals surface area contributed by atoms with Crippen LogP contribution in [0.1, 0.15) is 13.3 Å². The van der Waals surface area contributed by atoms with Gasteiger partial charge >= 0.3 is 12.1 Å². The molecular weight excluding hydrogens is 388 g/mol. The van der Waals surface area contributed by atoms with Gasteiger partial charge in [-0.3, -0.25) is 9.69 Å². The molecule has 1 aromatic carbocycles. The summed E-state index contributed by atoms with van der Waals surface area (Å²) in [4.78, 5) is 34.0. The molecule has 5 N–H and O–H groups in total. The van der Waals surface area contributed by atoms with Crippen LogP contribution in [0.15, 0.2) is 30.5 Å². The summed E-state index contributed by atoms with van der Waals surface area (Å²) in [6.45, 7) is 3.02. The lowest BCUT2D eigenvalue weighted by atomic mass is 10.1. The molecule has 0 radical (unpaired) electrons. The fraction of sp³-hybridized carbons (Fsp3) is 0.400. The number of hydrogen-bond acceptors (Lipinski definition) is 7. The highest BCUT2D eigenvalue weighted by Crippen LogP contribution is 2.33. The molecule has 1 unspecified atom stereocenters. The SMILES string of the molecule is CC1CNC(=O)[C@@H]2C[C@@H](CN2C(=O)O)Oc2nccc(n2)-c2cccc(N)c2NC1. The van der Waals surface area contributed by atoms with Crippen LogP contribution in [-0.4, -0.2) is 63.8 Å². The van der Waals surface area contributed by atoms with E-state index < -0.39 is 18.2 Å². The van der Waals surface area contributed by atoms with Gasteiger partial charge in [0, 0.05) is 31.3 Å². The largest absolute Gasteiger partial charge is 0.465 e. The summed E-state index contributed by atoms with van der Waals surface area (Å²) in [6, 6.07) is 6.65. The number of nitrogens with one attached hydrogen (secondary N) is 2. The van der Waals surface area contributed by atoms with Crippen LogP contribution in [0.5, 0.6) is 6.01 Å². The molecule has 2 aliphatic rings. The number of nitrogen functional groups attached to an aromatic ring is 1. The monoisotopic (exact) mass is 412 g/mol. The van der Waals surface area contributed by atoms with Crippen LogP contribution in [0.25, 0.3) is 11.3 Å². The summed E-state index contributed by atoms with van der Waals surface area (Å²) in [5.74, 6) is -0.251. The molecule has 2 aromatic rings. The summed E-state index contributed by atoms with van der Waals surface area (Å²) in [5, 5.41) is 15.7. The molecule has 4 bridgehead atoms. The van der Waals surface area contributed by atoms with Gasteiger partial charge in [0.2, 0.25) is 5.91 Å². The summed E-state index contributed by atoms with van der Waals surface area (Å²) in [7, 11) is 0. The molecule has 0 spiro atoms. The first-order valence-electron chi connectivity index (χ1n) is 9.82. The summed E-state index contributed by atoms with van der Waals surface area (Å²) >= 11 is 0. The summed E-state index contributed by atoms with van der Waals surface area (Å²) < 4.78 is 5.86. The topological polar surface area (TPSA) is 143 Å². The number of para-hydroxylation sites is 1. The highest BCUT2D eigenvalue weighted by molar-refractivity contribution is 5.86. The molecule has 10 nitrogen and oxygen atoms in total. The van der Waals surface area contributed by atoms with Gasteiger partial charge in [-0.05, 0) is 18.1 Å². The van der Waals surface area contributed by atoms with Gasteiger partial charge in [-0.2, -0.15) is 4.98 Å². The molecule has 3 atom stereocenters. The zero-order valence-corrected chi connectivity index (χ0v) is 16.5. The highest BCUT2D eigenvalue weighted by Gasteiger charge is 2.41. The third kappa shape index (κ3) is 3.93. The van der Waals surface area contributed by atoms with E-state index in [1.54, 1.807) is 12.3 Å². The van der Waals surface area contributed by atoms with Crippen molar-refractivity contribution in [3.8, 4) is 17.3 Å². The second-order valence-corrected chi connectivity index (χ2v) is 7.65. The lowest BCUT2D eigenvalue weighted by Crippen LogP contribution is -2.46. The Labute approximate surface area is 173 Å². The van der Waals surface area contributed by atoms with Crippen molar-refractivity contribution < 1.29 is 19.4 Å². The number of benzene rings is 1. The van der Waals surface area contributed by atoms with Gasteiger partial charge in [0.15, 0.2) is 0 Å². The Morgan fingerprint density at radius 2 is 2.10 bits per heavy atom. The summed E-state index contributed by atoms with van der Waals surface area (Å²) in [6.07, 6.45) is 0.144. The predicted molar refractivity (Wildman–Crippen MR) is 110 cm³/mol. The number of amides is 2. The molecule has 2 amide bonds. The van der Waals surface area contributed by atoms with Crippen LogP contribution in [0.2, 0.25) is 0 Å². The third-order valence-corrected chi connectivity index (χ3v) is 5.34. The number of aromatic nitrogens is 2. The second kappa shape index (κ2) is 8.05. The fourth-order valence-corrected chi connectivity index (χ4v) is 3.76. The number of rotatable bonds is 0. The van der Waals surface area contributed by atoms with Crippen molar-refractivity contribution >= 4 is 23.4 Å². The molecule has 3 heterocycles. The van der Waals surface area contributed by atoms with Crippen LogP contribution < -0.4 is 21.1 Å². The normalized spacial score (nSPS) is 23.8. The highest BCUT2D eigenvalue weighted by atomic mass is 16.5. The van der Waals surface area contributed by atoms with Crippen molar-refractivity contribution in [1.29, 1.82) is 0 Å². The fourth-order valence-electron chi connectivity index (χ4n) is 3.76. The zero-order chi connectivity index (χ0) is 21.3. The molecule has 1 fully saturated rings. The second-order valence-electron chi connectivity index (χ2n) is 7.65. The first-order valence-corrected chi connectivity index (χ1v) is 9.82. The van der Waals surface area contributed by atoms with E-state index in [-0.39, 0.29) is 30.8 Å².